The normalized spacial score (nSPS) is 11.8. The molecule has 1 unspecified atom stereocenters. The lowest BCUT2D eigenvalue weighted by atomic mass is 10.2. The summed E-state index contributed by atoms with van der Waals surface area (Å²) in [6, 6.07) is 2.04. The lowest BCUT2D eigenvalue weighted by Crippen LogP contribution is -2.40. The number of carbonyl (C=O) groups excluding carboxylic acids is 1. The summed E-state index contributed by atoms with van der Waals surface area (Å²) in [6.07, 6.45) is 0.383. The van der Waals surface area contributed by atoms with Crippen LogP contribution in [0.15, 0.2) is 0 Å². The van der Waals surface area contributed by atoms with Gasteiger partial charge in [-0.05, 0) is 13.5 Å². The molecule has 0 aromatic rings. The largest absolute Gasteiger partial charge is 0.341 e. The van der Waals surface area contributed by atoms with E-state index >= 15 is 0 Å². The van der Waals surface area contributed by atoms with Gasteiger partial charge in [0.1, 0.15) is 0 Å². The molecular weight excluding hydrogens is 166 g/mol. The van der Waals surface area contributed by atoms with Crippen molar-refractivity contribution in [3.63, 3.8) is 0 Å². The molecule has 0 rings (SSSR count). The second kappa shape index (κ2) is 6.44. The van der Waals surface area contributed by atoms with Crippen molar-refractivity contribution in [1.29, 1.82) is 5.26 Å². The highest BCUT2D eigenvalue weighted by atomic mass is 16.2. The minimum atomic E-state index is -0.00356. The molecule has 0 radical (unpaired) electrons. The summed E-state index contributed by atoms with van der Waals surface area (Å²) in [7, 11) is 1.72. The molecule has 74 valence electrons. The number of likely N-dealkylation sites (N-methyl/N-ethyl adjacent to an activating group) is 2. The monoisotopic (exact) mass is 183 g/mol. The van der Waals surface area contributed by atoms with Gasteiger partial charge in [-0.25, -0.2) is 0 Å². The molecular formula is C9H17N3O. The van der Waals surface area contributed by atoms with Crippen LogP contribution in [0.25, 0.3) is 0 Å². The molecule has 4 heteroatoms. The number of rotatable bonds is 5. The molecule has 0 fully saturated rings. The molecule has 13 heavy (non-hydrogen) atoms. The van der Waals surface area contributed by atoms with E-state index in [0.717, 1.165) is 6.54 Å². The summed E-state index contributed by atoms with van der Waals surface area (Å²) < 4.78 is 0. The van der Waals surface area contributed by atoms with E-state index in [4.69, 9.17) is 5.26 Å². The smallest absolute Gasteiger partial charge is 0.236 e. The first-order valence-corrected chi connectivity index (χ1v) is 4.46. The van der Waals surface area contributed by atoms with E-state index in [2.05, 4.69) is 5.32 Å². The molecule has 1 atom stereocenters. The molecule has 0 saturated heterocycles. The predicted octanol–water partition coefficient (Wildman–Crippen LogP) is 0.356. The van der Waals surface area contributed by atoms with Crippen molar-refractivity contribution in [3.05, 3.63) is 0 Å². The van der Waals surface area contributed by atoms with Crippen molar-refractivity contribution < 1.29 is 4.79 Å². The van der Waals surface area contributed by atoms with Crippen LogP contribution in [0.3, 0.4) is 0 Å². The SMILES string of the molecule is CCNCC(=O)N(C)C(C)CC#N. The lowest BCUT2D eigenvalue weighted by molar-refractivity contribution is -0.130. The van der Waals surface area contributed by atoms with E-state index in [1.165, 1.54) is 0 Å². The van der Waals surface area contributed by atoms with Crippen LogP contribution in [-0.2, 0) is 4.79 Å². The van der Waals surface area contributed by atoms with Crippen molar-refractivity contribution in [3.8, 4) is 6.07 Å². The second-order valence-electron chi connectivity index (χ2n) is 3.00. The number of hydrogen-bond donors (Lipinski definition) is 1. The third-order valence-corrected chi connectivity index (χ3v) is 1.97. The molecule has 0 heterocycles. The van der Waals surface area contributed by atoms with Crippen LogP contribution in [-0.4, -0.2) is 37.0 Å². The van der Waals surface area contributed by atoms with Gasteiger partial charge < -0.3 is 10.2 Å². The summed E-state index contributed by atoms with van der Waals surface area (Å²) in [5.41, 5.74) is 0. The molecule has 0 saturated carbocycles. The first kappa shape index (κ1) is 11.9. The first-order chi connectivity index (χ1) is 6.13. The Hall–Kier alpha value is -1.08. The van der Waals surface area contributed by atoms with Gasteiger partial charge in [0.05, 0.1) is 19.0 Å². The number of nitrogens with zero attached hydrogens (tertiary/aromatic N) is 2. The summed E-state index contributed by atoms with van der Waals surface area (Å²) in [4.78, 5) is 13.0. The Labute approximate surface area is 79.5 Å². The van der Waals surface area contributed by atoms with Gasteiger partial charge in [0, 0.05) is 13.1 Å². The van der Waals surface area contributed by atoms with E-state index in [-0.39, 0.29) is 11.9 Å². The maximum absolute atomic E-state index is 11.4. The minimum Gasteiger partial charge on any atom is -0.341 e. The Balaban J connectivity index is 3.88. The van der Waals surface area contributed by atoms with Crippen LogP contribution in [0.1, 0.15) is 20.3 Å². The summed E-state index contributed by atoms with van der Waals surface area (Å²) in [5.74, 6) is 0.0320. The highest BCUT2D eigenvalue weighted by Crippen LogP contribution is 1.99. The molecule has 4 nitrogen and oxygen atoms in total. The maximum atomic E-state index is 11.4. The van der Waals surface area contributed by atoms with Gasteiger partial charge in [-0.2, -0.15) is 5.26 Å². The molecule has 1 amide bonds. The van der Waals surface area contributed by atoms with Crippen LogP contribution >= 0.6 is 0 Å². The average molecular weight is 183 g/mol. The van der Waals surface area contributed by atoms with E-state index in [9.17, 15) is 4.79 Å². The molecule has 0 aromatic heterocycles. The van der Waals surface area contributed by atoms with Gasteiger partial charge in [-0.3, -0.25) is 4.79 Å². The van der Waals surface area contributed by atoms with E-state index in [0.29, 0.717) is 13.0 Å². The third kappa shape index (κ3) is 4.48. The quantitative estimate of drug-likeness (QED) is 0.669. The van der Waals surface area contributed by atoms with Crippen LogP contribution in [0.5, 0.6) is 0 Å². The van der Waals surface area contributed by atoms with Crippen molar-refractivity contribution in [2.45, 2.75) is 26.3 Å². The lowest BCUT2D eigenvalue weighted by Gasteiger charge is -2.22. The molecule has 0 spiro atoms. The van der Waals surface area contributed by atoms with Crippen molar-refractivity contribution in [2.24, 2.45) is 0 Å². The zero-order valence-corrected chi connectivity index (χ0v) is 8.50. The van der Waals surface area contributed by atoms with Crippen LogP contribution in [0.4, 0.5) is 0 Å². The van der Waals surface area contributed by atoms with Gasteiger partial charge in [0.2, 0.25) is 5.91 Å². The minimum absolute atomic E-state index is 0.00356. The van der Waals surface area contributed by atoms with Gasteiger partial charge in [0.25, 0.3) is 0 Å². The topological polar surface area (TPSA) is 56.1 Å². The fourth-order valence-electron chi connectivity index (χ4n) is 0.871. The van der Waals surface area contributed by atoms with Gasteiger partial charge >= 0.3 is 0 Å². The number of carbonyl (C=O) groups is 1. The van der Waals surface area contributed by atoms with Crippen LogP contribution in [0.2, 0.25) is 0 Å². The Morgan fingerprint density at radius 3 is 2.77 bits per heavy atom. The molecule has 0 aliphatic heterocycles. The number of nitriles is 1. The first-order valence-electron chi connectivity index (χ1n) is 4.46. The molecule has 1 N–H and O–H groups in total. The molecule has 0 aliphatic carbocycles. The Bertz CT molecular complexity index is 198. The van der Waals surface area contributed by atoms with E-state index < -0.39 is 0 Å². The molecule has 0 bridgehead atoms. The highest BCUT2D eigenvalue weighted by Gasteiger charge is 2.13. The molecule has 0 aromatic carbocycles. The average Bonchev–Trinajstić information content (AvgIpc) is 2.13. The van der Waals surface area contributed by atoms with Gasteiger partial charge in [-0.15, -0.1) is 0 Å². The van der Waals surface area contributed by atoms with E-state index in [1.54, 1.807) is 11.9 Å². The van der Waals surface area contributed by atoms with Gasteiger partial charge in [0.15, 0.2) is 0 Å². The highest BCUT2D eigenvalue weighted by molar-refractivity contribution is 5.78. The maximum Gasteiger partial charge on any atom is 0.236 e. The van der Waals surface area contributed by atoms with Crippen molar-refractivity contribution in [2.75, 3.05) is 20.1 Å². The second-order valence-corrected chi connectivity index (χ2v) is 3.00. The fourth-order valence-corrected chi connectivity index (χ4v) is 0.871. The summed E-state index contributed by atoms with van der Waals surface area (Å²) >= 11 is 0. The summed E-state index contributed by atoms with van der Waals surface area (Å²) in [5, 5.41) is 11.4. The van der Waals surface area contributed by atoms with Crippen molar-refractivity contribution >= 4 is 5.91 Å². The van der Waals surface area contributed by atoms with Gasteiger partial charge in [-0.1, -0.05) is 6.92 Å². The van der Waals surface area contributed by atoms with Crippen molar-refractivity contribution in [1.82, 2.24) is 10.2 Å². The van der Waals surface area contributed by atoms with Crippen LogP contribution in [0, 0.1) is 11.3 Å². The Morgan fingerprint density at radius 2 is 2.31 bits per heavy atom. The Kier molecular flexibility index (Phi) is 5.90. The Morgan fingerprint density at radius 1 is 1.69 bits per heavy atom. The van der Waals surface area contributed by atoms with E-state index in [1.807, 2.05) is 19.9 Å². The number of hydrogen-bond acceptors (Lipinski definition) is 3. The fraction of sp³-hybridized carbons (Fsp3) is 0.778. The zero-order chi connectivity index (χ0) is 10.3. The number of nitrogens with one attached hydrogen (secondary N) is 1. The van der Waals surface area contributed by atoms with Crippen LogP contribution < -0.4 is 5.32 Å². The zero-order valence-electron chi connectivity index (χ0n) is 8.50. The molecule has 0 aliphatic rings. The third-order valence-electron chi connectivity index (χ3n) is 1.97. The number of amides is 1. The summed E-state index contributed by atoms with van der Waals surface area (Å²) in [6.45, 7) is 4.95. The predicted molar refractivity (Wildman–Crippen MR) is 51.0 cm³/mol. The standard InChI is InChI=1S/C9H17N3O/c1-4-11-7-9(13)12(3)8(2)5-6-10/h8,11H,4-5,7H2,1-3H3.